The molecule has 0 spiro atoms. The number of aliphatic hydroxyl groups excluding tert-OH is 1. The molecular weight excluding hydrogens is 316 g/mol. The van der Waals surface area contributed by atoms with Crippen molar-refractivity contribution in [3.63, 3.8) is 0 Å². The minimum Gasteiger partial charge on any atom is -0.395 e. The van der Waals surface area contributed by atoms with E-state index < -0.39 is 0 Å². The van der Waals surface area contributed by atoms with Gasteiger partial charge < -0.3 is 10.0 Å². The Bertz CT molecular complexity index is 769. The fourth-order valence-electron chi connectivity index (χ4n) is 2.69. The number of aliphatic hydroxyl groups is 1. The number of anilines is 1. The quantitative estimate of drug-likeness (QED) is 0.680. The fourth-order valence-corrected chi connectivity index (χ4v) is 3.56. The summed E-state index contributed by atoms with van der Waals surface area (Å²) in [7, 11) is 0. The summed E-state index contributed by atoms with van der Waals surface area (Å²) >= 11 is 1.70. The van der Waals surface area contributed by atoms with Gasteiger partial charge in [0.15, 0.2) is 0 Å². The Morgan fingerprint density at radius 2 is 1.83 bits per heavy atom. The average molecular weight is 338 g/mol. The highest BCUT2D eigenvalue weighted by Gasteiger charge is 2.04. The third-order valence-electron chi connectivity index (χ3n) is 3.85. The van der Waals surface area contributed by atoms with Crippen LogP contribution in [0.2, 0.25) is 0 Å². The van der Waals surface area contributed by atoms with Crippen LogP contribution in [0.25, 0.3) is 22.4 Å². The lowest BCUT2D eigenvalue weighted by Crippen LogP contribution is -2.27. The van der Waals surface area contributed by atoms with E-state index in [4.69, 9.17) is 0 Å². The lowest BCUT2D eigenvalue weighted by atomic mass is 10.1. The first-order chi connectivity index (χ1) is 11.8. The Kier molecular flexibility index (Phi) is 5.62. The van der Waals surface area contributed by atoms with E-state index in [1.807, 2.05) is 18.2 Å². The van der Waals surface area contributed by atoms with Crippen LogP contribution < -0.4 is 4.90 Å². The van der Waals surface area contributed by atoms with Crippen LogP contribution in [0.4, 0.5) is 5.69 Å². The molecule has 0 bridgehead atoms. The van der Waals surface area contributed by atoms with Crippen molar-refractivity contribution in [2.75, 3.05) is 24.6 Å². The molecule has 0 aliphatic carbocycles. The molecular formula is C20H22N2OS. The normalized spacial score (nSPS) is 11.4. The molecule has 0 saturated heterocycles. The first-order valence-electron chi connectivity index (χ1n) is 8.29. The van der Waals surface area contributed by atoms with Crippen LogP contribution in [0.3, 0.4) is 0 Å². The van der Waals surface area contributed by atoms with E-state index in [0.717, 1.165) is 34.7 Å². The van der Waals surface area contributed by atoms with Gasteiger partial charge in [0, 0.05) is 18.8 Å². The standard InChI is InChI=1S/C20H22N2OS/c1-2-13-22(14-15-23)17-10-7-16(8-11-17)9-12-20-21-18-5-3-4-6-19(18)24-20/h3-12,23H,2,13-15H2,1H3/b12-9+. The van der Waals surface area contributed by atoms with Gasteiger partial charge in [-0.25, -0.2) is 4.98 Å². The van der Waals surface area contributed by atoms with Crippen molar-refractivity contribution in [3.8, 4) is 0 Å². The summed E-state index contributed by atoms with van der Waals surface area (Å²) < 4.78 is 1.21. The molecule has 1 N–H and O–H groups in total. The molecule has 3 aromatic rings. The summed E-state index contributed by atoms with van der Waals surface area (Å²) in [6, 6.07) is 16.7. The number of para-hydroxylation sites is 1. The van der Waals surface area contributed by atoms with Crippen LogP contribution in [0.15, 0.2) is 48.5 Å². The Balaban J connectivity index is 1.73. The zero-order valence-electron chi connectivity index (χ0n) is 13.9. The van der Waals surface area contributed by atoms with Gasteiger partial charge in [-0.2, -0.15) is 0 Å². The molecule has 0 atom stereocenters. The highest BCUT2D eigenvalue weighted by Crippen LogP contribution is 2.23. The minimum absolute atomic E-state index is 0.180. The maximum Gasteiger partial charge on any atom is 0.117 e. The Morgan fingerprint density at radius 1 is 1.04 bits per heavy atom. The zero-order chi connectivity index (χ0) is 16.8. The molecule has 0 amide bonds. The average Bonchev–Trinajstić information content (AvgIpc) is 3.03. The van der Waals surface area contributed by atoms with Crippen molar-refractivity contribution in [2.45, 2.75) is 13.3 Å². The van der Waals surface area contributed by atoms with Crippen molar-refractivity contribution < 1.29 is 5.11 Å². The van der Waals surface area contributed by atoms with Crippen molar-refractivity contribution in [1.29, 1.82) is 0 Å². The highest BCUT2D eigenvalue weighted by molar-refractivity contribution is 7.19. The van der Waals surface area contributed by atoms with Crippen LogP contribution in [0, 0.1) is 0 Å². The van der Waals surface area contributed by atoms with E-state index in [9.17, 15) is 5.11 Å². The van der Waals surface area contributed by atoms with Gasteiger partial charge in [-0.05, 0) is 42.3 Å². The van der Waals surface area contributed by atoms with Crippen molar-refractivity contribution in [3.05, 3.63) is 59.1 Å². The van der Waals surface area contributed by atoms with Crippen LogP contribution in [-0.4, -0.2) is 29.8 Å². The second-order valence-corrected chi connectivity index (χ2v) is 6.72. The van der Waals surface area contributed by atoms with E-state index in [2.05, 4.69) is 59.3 Å². The summed E-state index contributed by atoms with van der Waals surface area (Å²) in [6.07, 6.45) is 5.23. The number of fused-ring (bicyclic) bond motifs is 1. The molecule has 1 aromatic heterocycles. The Hall–Kier alpha value is -2.17. The topological polar surface area (TPSA) is 36.4 Å². The number of benzene rings is 2. The van der Waals surface area contributed by atoms with Gasteiger partial charge in [0.25, 0.3) is 0 Å². The summed E-state index contributed by atoms with van der Waals surface area (Å²) in [6.45, 7) is 3.97. The number of nitrogens with zero attached hydrogens (tertiary/aromatic N) is 2. The largest absolute Gasteiger partial charge is 0.395 e. The number of hydrogen-bond acceptors (Lipinski definition) is 4. The molecule has 0 fully saturated rings. The second kappa shape index (κ2) is 8.08. The molecule has 0 unspecified atom stereocenters. The molecule has 2 aromatic carbocycles. The molecule has 1 heterocycles. The van der Waals surface area contributed by atoms with Crippen molar-refractivity contribution >= 4 is 39.4 Å². The molecule has 124 valence electrons. The first-order valence-corrected chi connectivity index (χ1v) is 9.11. The highest BCUT2D eigenvalue weighted by atomic mass is 32.1. The number of rotatable bonds is 7. The summed E-state index contributed by atoms with van der Waals surface area (Å²) in [5.41, 5.74) is 3.36. The van der Waals surface area contributed by atoms with E-state index in [-0.39, 0.29) is 6.61 Å². The molecule has 24 heavy (non-hydrogen) atoms. The van der Waals surface area contributed by atoms with Crippen molar-refractivity contribution in [2.24, 2.45) is 0 Å². The maximum absolute atomic E-state index is 9.19. The van der Waals surface area contributed by atoms with Gasteiger partial charge in [0.2, 0.25) is 0 Å². The van der Waals surface area contributed by atoms with E-state index in [0.29, 0.717) is 6.54 Å². The Labute approximate surface area is 146 Å². The van der Waals surface area contributed by atoms with Crippen LogP contribution in [0.1, 0.15) is 23.9 Å². The smallest absolute Gasteiger partial charge is 0.117 e. The van der Waals surface area contributed by atoms with Gasteiger partial charge in [-0.3, -0.25) is 0 Å². The summed E-state index contributed by atoms with van der Waals surface area (Å²) in [4.78, 5) is 6.83. The van der Waals surface area contributed by atoms with Crippen LogP contribution in [0.5, 0.6) is 0 Å². The lowest BCUT2D eigenvalue weighted by molar-refractivity contribution is 0.302. The number of hydrogen-bond donors (Lipinski definition) is 1. The Morgan fingerprint density at radius 3 is 2.54 bits per heavy atom. The van der Waals surface area contributed by atoms with Gasteiger partial charge in [0.1, 0.15) is 5.01 Å². The predicted molar refractivity (Wildman–Crippen MR) is 105 cm³/mol. The fraction of sp³-hybridized carbons (Fsp3) is 0.250. The monoisotopic (exact) mass is 338 g/mol. The minimum atomic E-state index is 0.180. The molecule has 3 nitrogen and oxygen atoms in total. The summed E-state index contributed by atoms with van der Waals surface area (Å²) in [5.74, 6) is 0. The predicted octanol–water partition coefficient (Wildman–Crippen LogP) is 4.68. The van der Waals surface area contributed by atoms with Gasteiger partial charge in [-0.15, -0.1) is 11.3 Å². The maximum atomic E-state index is 9.19. The molecule has 3 rings (SSSR count). The lowest BCUT2D eigenvalue weighted by Gasteiger charge is -2.23. The van der Waals surface area contributed by atoms with Crippen molar-refractivity contribution in [1.82, 2.24) is 4.98 Å². The van der Waals surface area contributed by atoms with Crippen LogP contribution >= 0.6 is 11.3 Å². The van der Waals surface area contributed by atoms with Gasteiger partial charge in [0.05, 0.1) is 16.8 Å². The molecule has 0 saturated carbocycles. The molecule has 0 radical (unpaired) electrons. The molecule has 0 aliphatic rings. The molecule has 0 aliphatic heterocycles. The second-order valence-electron chi connectivity index (χ2n) is 5.66. The van der Waals surface area contributed by atoms with E-state index >= 15 is 0 Å². The van der Waals surface area contributed by atoms with E-state index in [1.165, 1.54) is 4.70 Å². The first kappa shape index (κ1) is 16.7. The van der Waals surface area contributed by atoms with Gasteiger partial charge in [-0.1, -0.05) is 37.3 Å². The molecule has 4 heteroatoms. The SMILES string of the molecule is CCCN(CCO)c1ccc(/C=C/c2nc3ccccc3s2)cc1. The number of aromatic nitrogens is 1. The number of thiazole rings is 1. The third-order valence-corrected chi connectivity index (χ3v) is 4.85. The summed E-state index contributed by atoms with van der Waals surface area (Å²) in [5, 5.41) is 10.2. The zero-order valence-corrected chi connectivity index (χ0v) is 14.7. The van der Waals surface area contributed by atoms with Gasteiger partial charge >= 0.3 is 0 Å². The van der Waals surface area contributed by atoms with Crippen LogP contribution in [-0.2, 0) is 0 Å². The van der Waals surface area contributed by atoms with E-state index in [1.54, 1.807) is 11.3 Å². The third kappa shape index (κ3) is 4.02.